The van der Waals surface area contributed by atoms with Gasteiger partial charge in [0.25, 0.3) is 0 Å². The Balaban J connectivity index is 0.000000156. The molecule has 2 saturated heterocycles. The number of hydrogen-bond acceptors (Lipinski definition) is 0. The van der Waals surface area contributed by atoms with Crippen LogP contribution in [0.2, 0.25) is 0 Å². The van der Waals surface area contributed by atoms with E-state index in [4.69, 9.17) is 29.5 Å². The maximum absolute atomic E-state index is 4.88. The fourth-order valence-corrected chi connectivity index (χ4v) is 5.16. The van der Waals surface area contributed by atoms with Crippen LogP contribution in [0, 0.1) is 11.8 Å². The molecule has 2 nitrogen and oxygen atoms in total. The van der Waals surface area contributed by atoms with Crippen molar-refractivity contribution in [3.63, 3.8) is 0 Å². The van der Waals surface area contributed by atoms with Gasteiger partial charge in [0.05, 0.1) is 0 Å². The number of piperidine rings is 2. The minimum absolute atomic E-state index is 0.472. The van der Waals surface area contributed by atoms with Crippen molar-refractivity contribution in [2.45, 2.75) is 115 Å². The standard InChI is InChI=1S/2C10H18N.2ClH.Pt/c2*1-8-6-7-9-4-2-3-5-10(9)11-8;;;/h2*8-10H,2-7H2,1H3;2*1H;/q2*-1;;;+4/p-2. The van der Waals surface area contributed by atoms with E-state index in [1.165, 1.54) is 77.0 Å². The van der Waals surface area contributed by atoms with Crippen molar-refractivity contribution in [2.24, 2.45) is 11.8 Å². The summed E-state index contributed by atoms with van der Waals surface area (Å²) in [4.78, 5) is 0. The Labute approximate surface area is 172 Å². The second-order valence-corrected chi connectivity index (χ2v) is 11.7. The number of fused-ring (bicyclic) bond motifs is 2. The molecule has 5 heteroatoms. The summed E-state index contributed by atoms with van der Waals surface area (Å²) in [6.07, 6.45) is 17.1. The zero-order valence-corrected chi connectivity index (χ0v) is 19.7. The van der Waals surface area contributed by atoms with Crippen LogP contribution in [0.3, 0.4) is 0 Å². The molecule has 2 aliphatic carbocycles. The van der Waals surface area contributed by atoms with Gasteiger partial charge in [-0.2, -0.15) is 0 Å². The van der Waals surface area contributed by atoms with Crippen LogP contribution in [-0.4, -0.2) is 24.2 Å². The monoisotopic (exact) mass is 569 g/mol. The summed E-state index contributed by atoms with van der Waals surface area (Å²) in [6, 6.07) is 2.84. The van der Waals surface area contributed by atoms with Crippen molar-refractivity contribution < 1.29 is 16.5 Å². The molecular formula is C20H36Cl2N2Pt. The molecule has 2 saturated carbocycles. The third-order valence-corrected chi connectivity index (χ3v) is 6.54. The van der Waals surface area contributed by atoms with E-state index in [2.05, 4.69) is 13.8 Å². The van der Waals surface area contributed by atoms with Crippen LogP contribution >= 0.6 is 18.8 Å². The number of hydrogen-bond donors (Lipinski definition) is 0. The molecule has 6 unspecified atom stereocenters. The molecule has 4 aliphatic rings. The minimum atomic E-state index is -0.472. The van der Waals surface area contributed by atoms with E-state index in [9.17, 15) is 0 Å². The number of nitrogens with zero attached hydrogens (tertiary/aromatic N) is 2. The SMILES string of the molecule is CC1CCC2CCCCC2[N-]1.CC1CCC2CCCCC2[N-]1.[Cl][Pt+2][Cl]. The molecule has 0 bridgehead atoms. The van der Waals surface area contributed by atoms with Crippen LogP contribution in [0.25, 0.3) is 10.6 Å². The summed E-state index contributed by atoms with van der Waals surface area (Å²) in [5.41, 5.74) is 0. The van der Waals surface area contributed by atoms with Gasteiger partial charge in [-0.15, -0.1) is 24.2 Å². The van der Waals surface area contributed by atoms with Gasteiger partial charge in [-0.05, 0) is 0 Å². The molecule has 4 rings (SSSR count). The van der Waals surface area contributed by atoms with Gasteiger partial charge in [-0.25, -0.2) is 0 Å². The second kappa shape index (κ2) is 12.6. The van der Waals surface area contributed by atoms with Crippen LogP contribution in [0.1, 0.15) is 90.9 Å². The van der Waals surface area contributed by atoms with Gasteiger partial charge in [0.15, 0.2) is 0 Å². The average Bonchev–Trinajstić information content (AvgIpc) is 2.63. The Bertz CT molecular complexity index is 327. The zero-order chi connectivity index (χ0) is 18.1. The van der Waals surface area contributed by atoms with E-state index >= 15 is 0 Å². The van der Waals surface area contributed by atoms with E-state index in [0.717, 1.165) is 23.9 Å². The molecule has 150 valence electrons. The molecule has 4 fully saturated rings. The van der Waals surface area contributed by atoms with Gasteiger partial charge in [-0.1, -0.05) is 103 Å². The molecule has 0 aromatic heterocycles. The molecular weight excluding hydrogens is 534 g/mol. The molecule has 0 radical (unpaired) electrons. The maximum atomic E-state index is 4.88. The first-order valence-corrected chi connectivity index (χ1v) is 16.0. The molecule has 0 spiro atoms. The fraction of sp³-hybridized carbons (Fsp3) is 1.00. The van der Waals surface area contributed by atoms with Gasteiger partial charge in [0, 0.05) is 0 Å². The van der Waals surface area contributed by atoms with Gasteiger partial charge >= 0.3 is 35.3 Å². The Morgan fingerprint density at radius 2 is 0.960 bits per heavy atom. The fourth-order valence-electron chi connectivity index (χ4n) is 5.16. The Kier molecular flexibility index (Phi) is 11.3. The van der Waals surface area contributed by atoms with Crippen molar-refractivity contribution in [1.29, 1.82) is 0 Å². The van der Waals surface area contributed by atoms with Crippen LogP contribution in [0.5, 0.6) is 0 Å². The third-order valence-electron chi connectivity index (χ3n) is 6.54. The summed E-state index contributed by atoms with van der Waals surface area (Å²) in [7, 11) is 9.75. The van der Waals surface area contributed by atoms with Crippen LogP contribution < -0.4 is 0 Å². The molecule has 6 atom stereocenters. The molecule has 2 aliphatic heterocycles. The van der Waals surface area contributed by atoms with Crippen LogP contribution in [0.15, 0.2) is 0 Å². The van der Waals surface area contributed by atoms with Crippen LogP contribution in [-0.2, 0) is 16.5 Å². The summed E-state index contributed by atoms with van der Waals surface area (Å²) < 4.78 is 0. The van der Waals surface area contributed by atoms with E-state index < -0.39 is 16.5 Å². The van der Waals surface area contributed by atoms with E-state index in [-0.39, 0.29) is 0 Å². The van der Waals surface area contributed by atoms with Crippen molar-refractivity contribution in [2.75, 3.05) is 0 Å². The molecule has 0 aromatic rings. The van der Waals surface area contributed by atoms with Gasteiger partial charge in [0.2, 0.25) is 0 Å². The third kappa shape index (κ3) is 7.98. The van der Waals surface area contributed by atoms with Gasteiger partial charge < -0.3 is 10.6 Å². The molecule has 0 amide bonds. The first-order valence-electron chi connectivity index (χ1n) is 10.4. The zero-order valence-electron chi connectivity index (χ0n) is 15.9. The summed E-state index contributed by atoms with van der Waals surface area (Å²) in [5, 5.41) is 9.61. The first-order chi connectivity index (χ1) is 12.1. The normalized spacial score (nSPS) is 40.5. The summed E-state index contributed by atoms with van der Waals surface area (Å²) in [6.45, 7) is 4.54. The second-order valence-electron chi connectivity index (χ2n) is 8.42. The average molecular weight is 571 g/mol. The van der Waals surface area contributed by atoms with Crippen LogP contribution in [0.4, 0.5) is 0 Å². The van der Waals surface area contributed by atoms with E-state index in [0.29, 0.717) is 12.1 Å². The number of halogens is 2. The molecule has 25 heavy (non-hydrogen) atoms. The van der Waals surface area contributed by atoms with E-state index in [1.54, 1.807) is 0 Å². The van der Waals surface area contributed by atoms with Gasteiger partial charge in [-0.3, -0.25) is 0 Å². The predicted molar refractivity (Wildman–Crippen MR) is 107 cm³/mol. The van der Waals surface area contributed by atoms with Crippen molar-refractivity contribution >= 4 is 18.8 Å². The predicted octanol–water partition coefficient (Wildman–Crippen LogP) is 7.58. The quantitative estimate of drug-likeness (QED) is 0.287. The molecule has 2 heterocycles. The Hall–Kier alpha value is 1.19. The summed E-state index contributed by atoms with van der Waals surface area (Å²) in [5.74, 6) is 1.94. The topological polar surface area (TPSA) is 28.2 Å². The molecule has 0 N–H and O–H groups in total. The van der Waals surface area contributed by atoms with Crippen molar-refractivity contribution in [3.05, 3.63) is 10.6 Å². The number of rotatable bonds is 0. The summed E-state index contributed by atoms with van der Waals surface area (Å²) >= 11 is -0.472. The van der Waals surface area contributed by atoms with Crippen molar-refractivity contribution in [1.82, 2.24) is 0 Å². The Morgan fingerprint density at radius 1 is 0.600 bits per heavy atom. The van der Waals surface area contributed by atoms with Gasteiger partial charge in [0.1, 0.15) is 0 Å². The Morgan fingerprint density at radius 3 is 1.36 bits per heavy atom. The van der Waals surface area contributed by atoms with Crippen molar-refractivity contribution in [3.8, 4) is 0 Å². The first kappa shape index (κ1) is 22.5. The van der Waals surface area contributed by atoms with E-state index in [1.807, 2.05) is 0 Å². The molecule has 0 aromatic carbocycles.